The number of benzene rings is 2. The van der Waals surface area contributed by atoms with E-state index < -0.39 is 10.0 Å². The van der Waals surface area contributed by atoms with Crippen LogP contribution in [-0.2, 0) is 14.8 Å². The van der Waals surface area contributed by atoms with E-state index in [1.54, 1.807) is 14.0 Å². The quantitative estimate of drug-likeness (QED) is 0.500. The number of nitrogens with one attached hydrogen (secondary N) is 1. The van der Waals surface area contributed by atoms with E-state index in [0.29, 0.717) is 18.6 Å². The molecule has 1 saturated heterocycles. The van der Waals surface area contributed by atoms with E-state index in [2.05, 4.69) is 39.8 Å². The summed E-state index contributed by atoms with van der Waals surface area (Å²) in [6.07, 6.45) is 0.541. The molecule has 1 heterocycles. The van der Waals surface area contributed by atoms with E-state index in [1.165, 1.54) is 5.69 Å². The van der Waals surface area contributed by atoms with Crippen molar-refractivity contribution in [3.8, 4) is 6.07 Å². The molecule has 31 heavy (non-hydrogen) atoms. The molecular formula is C23H30N4O3S. The summed E-state index contributed by atoms with van der Waals surface area (Å²) in [6.45, 7) is 6.45. The van der Waals surface area contributed by atoms with Gasteiger partial charge in [-0.1, -0.05) is 18.2 Å². The molecule has 2 aromatic carbocycles. The second-order valence-electron chi connectivity index (χ2n) is 7.85. The number of anilines is 1. The third kappa shape index (κ3) is 5.63. The van der Waals surface area contributed by atoms with Crippen LogP contribution in [0.3, 0.4) is 0 Å². The minimum atomic E-state index is -3.88. The Labute approximate surface area is 184 Å². The minimum Gasteiger partial charge on any atom is -0.385 e. The first-order chi connectivity index (χ1) is 14.9. The molecule has 1 fully saturated rings. The maximum Gasteiger partial charge on any atom is 0.250 e. The van der Waals surface area contributed by atoms with E-state index in [4.69, 9.17) is 4.74 Å². The summed E-state index contributed by atoms with van der Waals surface area (Å²) in [4.78, 5) is 4.46. The summed E-state index contributed by atoms with van der Waals surface area (Å²) in [6, 6.07) is 14.0. The van der Waals surface area contributed by atoms with Gasteiger partial charge in [0, 0.05) is 52.1 Å². The molecule has 0 radical (unpaired) electrons. The van der Waals surface area contributed by atoms with Crippen molar-refractivity contribution in [2.45, 2.75) is 13.3 Å². The summed E-state index contributed by atoms with van der Waals surface area (Å²) in [7, 11) is -0.176. The lowest BCUT2D eigenvalue weighted by Gasteiger charge is -2.34. The third-order valence-electron chi connectivity index (χ3n) is 5.65. The number of hydrogen-bond donors (Lipinski definition) is 1. The Morgan fingerprint density at radius 3 is 2.48 bits per heavy atom. The Balaban J connectivity index is 1.85. The van der Waals surface area contributed by atoms with Gasteiger partial charge in [0.15, 0.2) is 4.91 Å². The lowest BCUT2D eigenvalue weighted by atomic mass is 10.0. The van der Waals surface area contributed by atoms with Gasteiger partial charge in [0.1, 0.15) is 6.07 Å². The van der Waals surface area contributed by atoms with Gasteiger partial charge >= 0.3 is 0 Å². The molecule has 2 aromatic rings. The molecule has 1 aliphatic heterocycles. The maximum absolute atomic E-state index is 12.6. The standard InChI is InChI=1S/C23H30N4O3S/c1-18(23(17-24)31(28,29)25-9-4-14-30-3)19-5-6-21-16-22(8-7-20(21)15-19)27-12-10-26(2)11-13-27/h5-8,15-16,25H,4,9-14H2,1-3H3/b23-18+. The number of rotatable bonds is 8. The van der Waals surface area contributed by atoms with Crippen LogP contribution in [0.5, 0.6) is 0 Å². The number of hydrogen-bond acceptors (Lipinski definition) is 6. The van der Waals surface area contributed by atoms with Gasteiger partial charge in [-0.3, -0.25) is 0 Å². The van der Waals surface area contributed by atoms with Crippen LogP contribution in [0.4, 0.5) is 5.69 Å². The average molecular weight is 443 g/mol. The Morgan fingerprint density at radius 2 is 1.81 bits per heavy atom. The fourth-order valence-electron chi connectivity index (χ4n) is 3.70. The van der Waals surface area contributed by atoms with Crippen molar-refractivity contribution in [2.24, 2.45) is 0 Å². The highest BCUT2D eigenvalue weighted by atomic mass is 32.2. The zero-order chi connectivity index (χ0) is 22.4. The van der Waals surface area contributed by atoms with Crippen molar-refractivity contribution in [2.75, 3.05) is 58.4 Å². The summed E-state index contributed by atoms with van der Waals surface area (Å²) < 4.78 is 32.6. The van der Waals surface area contributed by atoms with Gasteiger partial charge < -0.3 is 14.5 Å². The molecule has 7 nitrogen and oxygen atoms in total. The van der Waals surface area contributed by atoms with Gasteiger partial charge in [0.05, 0.1) is 0 Å². The van der Waals surface area contributed by atoms with E-state index >= 15 is 0 Å². The van der Waals surface area contributed by atoms with Gasteiger partial charge in [-0.25, -0.2) is 13.1 Å². The average Bonchev–Trinajstić information content (AvgIpc) is 2.76. The van der Waals surface area contributed by atoms with Crippen molar-refractivity contribution >= 4 is 32.1 Å². The number of piperazine rings is 1. The van der Waals surface area contributed by atoms with Crippen LogP contribution in [0.2, 0.25) is 0 Å². The predicted octanol–water partition coefficient (Wildman–Crippen LogP) is 2.80. The van der Waals surface area contributed by atoms with Crippen LogP contribution < -0.4 is 9.62 Å². The van der Waals surface area contributed by atoms with Crippen molar-refractivity contribution in [3.63, 3.8) is 0 Å². The Morgan fingerprint density at radius 1 is 1.13 bits per heavy atom. The molecule has 0 bridgehead atoms. The van der Waals surface area contributed by atoms with Crippen molar-refractivity contribution in [1.82, 2.24) is 9.62 Å². The van der Waals surface area contributed by atoms with Crippen LogP contribution in [0.1, 0.15) is 18.9 Å². The molecule has 166 valence electrons. The molecule has 0 aliphatic carbocycles. The molecule has 0 amide bonds. The SMILES string of the molecule is COCCCNS(=O)(=O)/C(C#N)=C(\C)c1ccc2cc(N3CCN(C)CC3)ccc2c1. The minimum absolute atomic E-state index is 0.224. The van der Waals surface area contributed by atoms with E-state index in [9.17, 15) is 13.7 Å². The summed E-state index contributed by atoms with van der Waals surface area (Å²) >= 11 is 0. The van der Waals surface area contributed by atoms with Crippen LogP contribution in [0.15, 0.2) is 41.3 Å². The first kappa shape index (κ1) is 23.2. The first-order valence-corrected chi connectivity index (χ1v) is 11.9. The van der Waals surface area contributed by atoms with Gasteiger partial charge in [-0.15, -0.1) is 0 Å². The number of fused-ring (bicyclic) bond motifs is 1. The normalized spacial score (nSPS) is 16.3. The largest absolute Gasteiger partial charge is 0.385 e. The fourth-order valence-corrected chi connectivity index (χ4v) is 4.90. The van der Waals surface area contributed by atoms with E-state index in [-0.39, 0.29) is 11.4 Å². The van der Waals surface area contributed by atoms with Crippen LogP contribution in [0.25, 0.3) is 16.3 Å². The third-order valence-corrected chi connectivity index (χ3v) is 7.17. The molecular weight excluding hydrogens is 412 g/mol. The second-order valence-corrected chi connectivity index (χ2v) is 9.55. The topological polar surface area (TPSA) is 85.7 Å². The number of allylic oxidation sites excluding steroid dienone is 2. The predicted molar refractivity (Wildman–Crippen MR) is 125 cm³/mol. The number of ether oxygens (including phenoxy) is 1. The molecule has 0 unspecified atom stereocenters. The number of sulfonamides is 1. The fraction of sp³-hybridized carbons (Fsp3) is 0.435. The molecule has 0 atom stereocenters. The zero-order valence-electron chi connectivity index (χ0n) is 18.4. The van der Waals surface area contributed by atoms with Crippen LogP contribution >= 0.6 is 0 Å². The van der Waals surface area contributed by atoms with Gasteiger partial charge in [-0.2, -0.15) is 5.26 Å². The number of nitrogens with zero attached hydrogens (tertiary/aromatic N) is 3. The molecule has 1 N–H and O–H groups in total. The molecule has 1 aliphatic rings. The Hall–Kier alpha value is -2.44. The van der Waals surface area contributed by atoms with Crippen LogP contribution in [-0.4, -0.2) is 66.8 Å². The molecule has 0 saturated carbocycles. The Kier molecular flexibility index (Phi) is 7.68. The highest BCUT2D eigenvalue weighted by Gasteiger charge is 2.21. The lowest BCUT2D eigenvalue weighted by Crippen LogP contribution is -2.44. The molecule has 3 rings (SSSR count). The van der Waals surface area contributed by atoms with Crippen molar-refractivity contribution in [1.29, 1.82) is 5.26 Å². The lowest BCUT2D eigenvalue weighted by molar-refractivity contribution is 0.196. The number of methoxy groups -OCH3 is 1. The van der Waals surface area contributed by atoms with Gasteiger partial charge in [0.25, 0.3) is 10.0 Å². The Bertz CT molecular complexity index is 1100. The summed E-state index contributed by atoms with van der Waals surface area (Å²) in [5, 5.41) is 11.6. The molecule has 8 heteroatoms. The van der Waals surface area contributed by atoms with Crippen LogP contribution in [0, 0.1) is 11.3 Å². The van der Waals surface area contributed by atoms with Gasteiger partial charge in [-0.05, 0) is 60.5 Å². The van der Waals surface area contributed by atoms with Crippen molar-refractivity contribution < 1.29 is 13.2 Å². The monoisotopic (exact) mass is 442 g/mol. The highest BCUT2D eigenvalue weighted by molar-refractivity contribution is 7.93. The first-order valence-electron chi connectivity index (χ1n) is 10.4. The van der Waals surface area contributed by atoms with Gasteiger partial charge in [0.2, 0.25) is 0 Å². The van der Waals surface area contributed by atoms with E-state index in [0.717, 1.165) is 42.5 Å². The molecule has 0 spiro atoms. The zero-order valence-corrected chi connectivity index (χ0v) is 19.2. The highest BCUT2D eigenvalue weighted by Crippen LogP contribution is 2.28. The maximum atomic E-state index is 12.6. The molecule has 0 aromatic heterocycles. The number of likely N-dealkylation sites (N-methyl/N-ethyl adjacent to an activating group) is 1. The summed E-state index contributed by atoms with van der Waals surface area (Å²) in [5.41, 5.74) is 2.35. The smallest absolute Gasteiger partial charge is 0.250 e. The van der Waals surface area contributed by atoms with E-state index in [1.807, 2.05) is 24.3 Å². The number of nitriles is 1. The second kappa shape index (κ2) is 10.2. The van der Waals surface area contributed by atoms with Crippen molar-refractivity contribution in [3.05, 3.63) is 46.9 Å². The summed E-state index contributed by atoms with van der Waals surface area (Å²) in [5.74, 6) is 0.